The fraction of sp³-hybridized carbons (Fsp3) is 0.538. The van der Waals surface area contributed by atoms with Gasteiger partial charge in [0.1, 0.15) is 11.5 Å². The van der Waals surface area contributed by atoms with Crippen LogP contribution in [0.4, 0.5) is 13.2 Å². The molecule has 7 heteroatoms. The zero-order valence-electron chi connectivity index (χ0n) is 11.5. The first kappa shape index (κ1) is 18.9. The summed E-state index contributed by atoms with van der Waals surface area (Å²) in [6, 6.07) is 3.51. The van der Waals surface area contributed by atoms with Crippen LogP contribution >= 0.6 is 12.4 Å². The fourth-order valence-electron chi connectivity index (χ4n) is 1.73. The first-order chi connectivity index (χ1) is 8.78. The maximum atomic E-state index is 12.2. The van der Waals surface area contributed by atoms with Crippen molar-refractivity contribution in [3.8, 4) is 11.5 Å². The number of nitrogens with two attached hydrogens (primary N) is 1. The molecule has 1 aromatic rings. The van der Waals surface area contributed by atoms with Gasteiger partial charge in [-0.05, 0) is 24.1 Å². The molecular formula is C13H19ClF3NO2. The van der Waals surface area contributed by atoms with Gasteiger partial charge in [-0.25, -0.2) is 0 Å². The number of rotatable bonds is 5. The van der Waals surface area contributed by atoms with E-state index in [0.29, 0.717) is 11.3 Å². The van der Waals surface area contributed by atoms with Crippen molar-refractivity contribution in [2.45, 2.75) is 32.7 Å². The summed E-state index contributed by atoms with van der Waals surface area (Å²) in [5, 5.41) is 0. The molecule has 1 unspecified atom stereocenters. The number of alkyl halides is 3. The minimum Gasteiger partial charge on any atom is -0.496 e. The Bertz CT molecular complexity index is 427. The van der Waals surface area contributed by atoms with Crippen molar-refractivity contribution in [1.82, 2.24) is 0 Å². The van der Waals surface area contributed by atoms with Gasteiger partial charge in [0.05, 0.1) is 7.11 Å². The summed E-state index contributed by atoms with van der Waals surface area (Å²) in [7, 11) is 1.45. The van der Waals surface area contributed by atoms with Gasteiger partial charge in [0, 0.05) is 11.6 Å². The van der Waals surface area contributed by atoms with Gasteiger partial charge in [0.2, 0.25) is 0 Å². The highest BCUT2D eigenvalue weighted by molar-refractivity contribution is 5.85. The molecule has 0 aliphatic carbocycles. The zero-order valence-corrected chi connectivity index (χ0v) is 12.3. The van der Waals surface area contributed by atoms with Crippen molar-refractivity contribution in [3.63, 3.8) is 0 Å². The quantitative estimate of drug-likeness (QED) is 0.891. The Morgan fingerprint density at radius 1 is 1.30 bits per heavy atom. The second-order valence-corrected chi connectivity index (χ2v) is 4.36. The lowest BCUT2D eigenvalue weighted by molar-refractivity contribution is -0.274. The van der Waals surface area contributed by atoms with Gasteiger partial charge in [-0.15, -0.1) is 25.6 Å². The van der Waals surface area contributed by atoms with Crippen LogP contribution < -0.4 is 15.2 Å². The fourth-order valence-corrected chi connectivity index (χ4v) is 1.73. The molecule has 1 aromatic carbocycles. The molecule has 0 heterocycles. The van der Waals surface area contributed by atoms with E-state index >= 15 is 0 Å². The summed E-state index contributed by atoms with van der Waals surface area (Å²) >= 11 is 0. The smallest absolute Gasteiger partial charge is 0.496 e. The molecule has 0 aliphatic heterocycles. The van der Waals surface area contributed by atoms with Gasteiger partial charge in [-0.3, -0.25) is 0 Å². The second kappa shape index (κ2) is 7.59. The van der Waals surface area contributed by atoms with Crippen LogP contribution in [-0.4, -0.2) is 13.5 Å². The molecule has 0 aromatic heterocycles. The maximum absolute atomic E-state index is 12.2. The average molecular weight is 314 g/mol. The predicted octanol–water partition coefficient (Wildman–Crippen LogP) is 4.06. The Balaban J connectivity index is 0.00000361. The monoisotopic (exact) mass is 313 g/mol. The molecular weight excluding hydrogens is 295 g/mol. The standard InChI is InChI=1S/C13H18F3NO2.ClH/c1-4-8(2)12(17)10-7-9(19-13(14,15)16)5-6-11(10)18-3;/h5-8,12H,4,17H2,1-3H3;1H/t8?,12-;/m0./s1. The topological polar surface area (TPSA) is 44.5 Å². The molecule has 2 atom stereocenters. The normalized spacial score (nSPS) is 14.2. The number of hydrogen-bond donors (Lipinski definition) is 1. The molecule has 0 radical (unpaired) electrons. The highest BCUT2D eigenvalue weighted by Gasteiger charge is 2.31. The first-order valence-corrected chi connectivity index (χ1v) is 5.97. The van der Waals surface area contributed by atoms with Gasteiger partial charge in [-0.2, -0.15) is 0 Å². The SMILES string of the molecule is CCC(C)[C@H](N)c1cc(OC(F)(F)F)ccc1OC.Cl. The molecule has 20 heavy (non-hydrogen) atoms. The van der Waals surface area contributed by atoms with Crippen LogP contribution in [0.1, 0.15) is 31.9 Å². The van der Waals surface area contributed by atoms with E-state index in [1.807, 2.05) is 13.8 Å². The Labute approximate surface area is 122 Å². The molecule has 0 spiro atoms. The molecule has 116 valence electrons. The lowest BCUT2D eigenvalue weighted by Gasteiger charge is -2.22. The molecule has 0 saturated heterocycles. The van der Waals surface area contributed by atoms with Crippen molar-refractivity contribution in [2.24, 2.45) is 11.7 Å². The zero-order chi connectivity index (χ0) is 14.6. The summed E-state index contributed by atoms with van der Waals surface area (Å²) in [5.41, 5.74) is 6.55. The summed E-state index contributed by atoms with van der Waals surface area (Å²) in [5.74, 6) is 0.291. The third kappa shape index (κ3) is 5.09. The molecule has 0 aliphatic rings. The van der Waals surface area contributed by atoms with Crippen molar-refractivity contribution < 1.29 is 22.6 Å². The average Bonchev–Trinajstić information content (AvgIpc) is 2.35. The molecule has 0 saturated carbocycles. The minimum absolute atomic E-state index is 0. The summed E-state index contributed by atoms with van der Waals surface area (Å²) < 4.78 is 45.6. The Morgan fingerprint density at radius 2 is 1.90 bits per heavy atom. The minimum atomic E-state index is -4.72. The van der Waals surface area contributed by atoms with Gasteiger partial charge in [-0.1, -0.05) is 20.3 Å². The van der Waals surface area contributed by atoms with Gasteiger partial charge in [0.15, 0.2) is 0 Å². The van der Waals surface area contributed by atoms with Crippen LogP contribution in [0.25, 0.3) is 0 Å². The van der Waals surface area contributed by atoms with E-state index in [1.54, 1.807) is 0 Å². The Morgan fingerprint density at radius 3 is 2.35 bits per heavy atom. The van der Waals surface area contributed by atoms with E-state index < -0.39 is 12.4 Å². The highest BCUT2D eigenvalue weighted by atomic mass is 35.5. The second-order valence-electron chi connectivity index (χ2n) is 4.36. The summed E-state index contributed by atoms with van der Waals surface area (Å²) in [4.78, 5) is 0. The molecule has 0 fully saturated rings. The molecule has 0 amide bonds. The Kier molecular flexibility index (Phi) is 7.16. The van der Waals surface area contributed by atoms with Crippen molar-refractivity contribution in [2.75, 3.05) is 7.11 Å². The van der Waals surface area contributed by atoms with E-state index in [-0.39, 0.29) is 24.1 Å². The molecule has 2 N–H and O–H groups in total. The molecule has 0 bridgehead atoms. The lowest BCUT2D eigenvalue weighted by Crippen LogP contribution is -2.21. The molecule has 3 nitrogen and oxygen atoms in total. The predicted molar refractivity (Wildman–Crippen MR) is 73.3 cm³/mol. The number of benzene rings is 1. The summed E-state index contributed by atoms with van der Waals surface area (Å²) in [6.07, 6.45) is -3.90. The number of halogens is 4. The van der Waals surface area contributed by atoms with E-state index in [0.717, 1.165) is 6.42 Å². The Hall–Kier alpha value is -1.14. The first-order valence-electron chi connectivity index (χ1n) is 5.97. The van der Waals surface area contributed by atoms with E-state index in [4.69, 9.17) is 10.5 Å². The van der Waals surface area contributed by atoms with Gasteiger partial charge in [0.25, 0.3) is 0 Å². The number of hydrogen-bond acceptors (Lipinski definition) is 3. The highest BCUT2D eigenvalue weighted by Crippen LogP contribution is 2.34. The maximum Gasteiger partial charge on any atom is 0.573 e. The van der Waals surface area contributed by atoms with Crippen molar-refractivity contribution in [3.05, 3.63) is 23.8 Å². The third-order valence-corrected chi connectivity index (χ3v) is 3.05. The largest absolute Gasteiger partial charge is 0.573 e. The van der Waals surface area contributed by atoms with Crippen LogP contribution in [0.5, 0.6) is 11.5 Å². The number of ether oxygens (including phenoxy) is 2. The third-order valence-electron chi connectivity index (χ3n) is 3.05. The van der Waals surface area contributed by atoms with Crippen LogP contribution in [0, 0.1) is 5.92 Å². The van der Waals surface area contributed by atoms with E-state index in [1.165, 1.54) is 25.3 Å². The van der Waals surface area contributed by atoms with E-state index in [9.17, 15) is 13.2 Å². The van der Waals surface area contributed by atoms with Crippen molar-refractivity contribution >= 4 is 12.4 Å². The number of methoxy groups -OCH3 is 1. The van der Waals surface area contributed by atoms with E-state index in [2.05, 4.69) is 4.74 Å². The van der Waals surface area contributed by atoms with Crippen LogP contribution in [0.3, 0.4) is 0 Å². The van der Waals surface area contributed by atoms with Crippen LogP contribution in [-0.2, 0) is 0 Å². The van der Waals surface area contributed by atoms with Crippen molar-refractivity contribution in [1.29, 1.82) is 0 Å². The summed E-state index contributed by atoms with van der Waals surface area (Å²) in [6.45, 7) is 3.90. The van der Waals surface area contributed by atoms with Crippen LogP contribution in [0.15, 0.2) is 18.2 Å². The lowest BCUT2D eigenvalue weighted by atomic mass is 9.92. The molecule has 1 rings (SSSR count). The van der Waals surface area contributed by atoms with Gasteiger partial charge < -0.3 is 15.2 Å². The van der Waals surface area contributed by atoms with Crippen LogP contribution in [0.2, 0.25) is 0 Å². The van der Waals surface area contributed by atoms with Gasteiger partial charge >= 0.3 is 6.36 Å².